The number of aromatic nitrogens is 4. The minimum Gasteiger partial charge on any atom is -0.475 e. The number of H-pyrrole nitrogens is 2. The summed E-state index contributed by atoms with van der Waals surface area (Å²) in [4.78, 5) is 30.1. The molecule has 3 rings (SSSR count). The van der Waals surface area contributed by atoms with Crippen molar-refractivity contribution < 1.29 is 32.3 Å². The Kier molecular flexibility index (Phi) is 6.95. The number of carboxylic acid groups (broad SMARTS) is 1. The Labute approximate surface area is 162 Å². The van der Waals surface area contributed by atoms with E-state index in [9.17, 15) is 22.4 Å². The highest BCUT2D eigenvalue weighted by atomic mass is 19.4. The number of carboxylic acids is 1. The number of hydrogen-bond donors (Lipinski definition) is 4. The van der Waals surface area contributed by atoms with Gasteiger partial charge in [0.15, 0.2) is 5.82 Å². The summed E-state index contributed by atoms with van der Waals surface area (Å²) in [6.45, 7) is 2.53. The van der Waals surface area contributed by atoms with Crippen molar-refractivity contribution in [2.45, 2.75) is 38.3 Å². The van der Waals surface area contributed by atoms with Crippen LogP contribution in [-0.2, 0) is 11.3 Å². The lowest BCUT2D eigenvalue weighted by Gasteiger charge is -2.15. The highest BCUT2D eigenvalue weighted by Gasteiger charge is 2.38. The maximum atomic E-state index is 13.2. The zero-order chi connectivity index (χ0) is 21.8. The van der Waals surface area contributed by atoms with E-state index in [0.29, 0.717) is 36.7 Å². The van der Waals surface area contributed by atoms with Crippen LogP contribution in [0.3, 0.4) is 0 Å². The third kappa shape index (κ3) is 6.01. The smallest absolute Gasteiger partial charge is 0.475 e. The lowest BCUT2D eigenvalue weighted by Crippen LogP contribution is -2.27. The van der Waals surface area contributed by atoms with Crippen LogP contribution in [-0.4, -0.2) is 68.0 Å². The Morgan fingerprint density at radius 2 is 2.00 bits per heavy atom. The van der Waals surface area contributed by atoms with Crippen molar-refractivity contribution in [3.05, 3.63) is 35.2 Å². The minimum atomic E-state index is -5.08. The van der Waals surface area contributed by atoms with E-state index < -0.39 is 18.3 Å². The maximum Gasteiger partial charge on any atom is 0.490 e. The fourth-order valence-corrected chi connectivity index (χ4v) is 2.60. The zero-order valence-electron chi connectivity index (χ0n) is 15.5. The van der Waals surface area contributed by atoms with E-state index in [-0.39, 0.29) is 11.9 Å². The molecule has 0 bridgehead atoms. The monoisotopic (exact) mass is 420 g/mol. The number of aryl methyl sites for hydroxylation is 1. The van der Waals surface area contributed by atoms with Crippen LogP contribution in [0, 0.1) is 6.92 Å². The first-order chi connectivity index (χ1) is 13.5. The first kappa shape index (κ1) is 22.3. The second-order valence-corrected chi connectivity index (χ2v) is 6.45. The molecule has 0 radical (unpaired) electrons. The van der Waals surface area contributed by atoms with Crippen molar-refractivity contribution >= 4 is 11.9 Å². The molecule has 0 aromatic carbocycles. The molecule has 29 heavy (non-hydrogen) atoms. The molecule has 1 aliphatic heterocycles. The molecule has 9 nitrogen and oxygen atoms in total. The number of aliphatic carboxylic acids is 1. The molecule has 0 spiro atoms. The molecule has 2 aromatic rings. The van der Waals surface area contributed by atoms with Crippen LogP contribution in [0.1, 0.15) is 40.0 Å². The van der Waals surface area contributed by atoms with Gasteiger partial charge in [-0.2, -0.15) is 18.3 Å². The van der Waals surface area contributed by atoms with E-state index in [1.807, 2.05) is 6.92 Å². The highest BCUT2D eigenvalue weighted by Crippen LogP contribution is 2.22. The summed E-state index contributed by atoms with van der Waals surface area (Å²) in [7, 11) is 1.71. The highest BCUT2D eigenvalue weighted by molar-refractivity contribution is 5.95. The van der Waals surface area contributed by atoms with Gasteiger partial charge < -0.3 is 20.3 Å². The van der Waals surface area contributed by atoms with Crippen molar-refractivity contribution in [2.75, 3.05) is 13.6 Å². The molecule has 0 unspecified atom stereocenters. The van der Waals surface area contributed by atoms with Gasteiger partial charge in [-0.25, -0.2) is 14.2 Å². The number of aromatic amines is 2. The average Bonchev–Trinajstić information content (AvgIpc) is 3.35. The summed E-state index contributed by atoms with van der Waals surface area (Å²) in [6, 6.07) is -0.159. The van der Waals surface area contributed by atoms with Gasteiger partial charge in [-0.15, -0.1) is 0 Å². The second kappa shape index (κ2) is 9.03. The van der Waals surface area contributed by atoms with Crippen molar-refractivity contribution in [3.8, 4) is 0 Å². The molecule has 1 saturated heterocycles. The third-order valence-corrected chi connectivity index (χ3v) is 4.10. The molecule has 2 aromatic heterocycles. The number of halogens is 4. The van der Waals surface area contributed by atoms with E-state index >= 15 is 0 Å². The first-order valence-corrected chi connectivity index (χ1v) is 8.46. The van der Waals surface area contributed by atoms with Gasteiger partial charge in [0.25, 0.3) is 5.91 Å². The number of nitrogens with one attached hydrogen (secondary N) is 3. The number of hydrogen-bond acceptors (Lipinski definition) is 5. The summed E-state index contributed by atoms with van der Waals surface area (Å²) in [5, 5.41) is 17.1. The van der Waals surface area contributed by atoms with Crippen LogP contribution in [0.25, 0.3) is 0 Å². The van der Waals surface area contributed by atoms with Crippen LogP contribution in [0.15, 0.2) is 12.4 Å². The molecular formula is C16H20F4N6O3. The molecule has 0 aliphatic carbocycles. The molecular weight excluding hydrogens is 400 g/mol. The Balaban J connectivity index is 0.000000370. The van der Waals surface area contributed by atoms with Gasteiger partial charge in [-0.05, 0) is 12.5 Å². The van der Waals surface area contributed by atoms with Crippen molar-refractivity contribution in [3.63, 3.8) is 0 Å². The van der Waals surface area contributed by atoms with Crippen molar-refractivity contribution in [1.29, 1.82) is 0 Å². The Morgan fingerprint density at radius 1 is 1.34 bits per heavy atom. The second-order valence-electron chi connectivity index (χ2n) is 6.45. The van der Waals surface area contributed by atoms with E-state index in [4.69, 9.17) is 9.90 Å². The molecule has 1 aliphatic rings. The molecule has 13 heteroatoms. The summed E-state index contributed by atoms with van der Waals surface area (Å²) >= 11 is 0. The third-order valence-electron chi connectivity index (χ3n) is 4.10. The SMILES string of the molecule is Cc1c[nH]cc1C(=O)N(C)Cc1nc([C@H]2C[C@H](F)CN2)n[nH]1.O=C(O)C(F)(F)F. The van der Waals surface area contributed by atoms with Gasteiger partial charge >= 0.3 is 12.1 Å². The van der Waals surface area contributed by atoms with E-state index in [1.54, 1.807) is 24.3 Å². The molecule has 3 heterocycles. The van der Waals surface area contributed by atoms with Crippen molar-refractivity contribution in [1.82, 2.24) is 30.4 Å². The summed E-state index contributed by atoms with van der Waals surface area (Å²) in [5.74, 6) is -1.70. The number of amides is 1. The quantitative estimate of drug-likeness (QED) is 0.558. The Morgan fingerprint density at radius 3 is 2.48 bits per heavy atom. The Hall–Kier alpha value is -2.96. The number of carbonyl (C=O) groups is 2. The molecule has 2 atom stereocenters. The molecule has 160 valence electrons. The normalized spacial score (nSPS) is 18.8. The van der Waals surface area contributed by atoms with Gasteiger partial charge in [0.2, 0.25) is 0 Å². The number of carbonyl (C=O) groups excluding carboxylic acids is 1. The fraction of sp³-hybridized carbons (Fsp3) is 0.500. The summed E-state index contributed by atoms with van der Waals surface area (Å²) < 4.78 is 44.9. The van der Waals surface area contributed by atoms with Crippen LogP contribution in [0.4, 0.5) is 17.6 Å². The number of rotatable bonds is 4. The van der Waals surface area contributed by atoms with Crippen LogP contribution in [0.5, 0.6) is 0 Å². The van der Waals surface area contributed by atoms with Crippen LogP contribution < -0.4 is 5.32 Å². The maximum absolute atomic E-state index is 13.2. The zero-order valence-corrected chi connectivity index (χ0v) is 15.5. The lowest BCUT2D eigenvalue weighted by atomic mass is 10.2. The molecule has 1 fully saturated rings. The van der Waals surface area contributed by atoms with Crippen molar-refractivity contribution in [2.24, 2.45) is 0 Å². The Bertz CT molecular complexity index is 850. The standard InChI is InChI=1S/C14H19FN6O.C2HF3O2/c1-8-4-16-6-10(8)14(22)21(2)7-12-18-13(20-19-12)11-3-9(15)5-17-11;3-2(4,5)1(6)7/h4,6,9,11,16-17H,3,5,7H2,1-2H3,(H,18,19,20);(H,6,7)/t9-,11+;/m0./s1. The van der Waals surface area contributed by atoms with E-state index in [2.05, 4.69) is 25.5 Å². The van der Waals surface area contributed by atoms with Gasteiger partial charge in [0.1, 0.15) is 12.0 Å². The number of nitrogens with zero attached hydrogens (tertiary/aromatic N) is 3. The van der Waals surface area contributed by atoms with Gasteiger partial charge in [0, 0.05) is 32.4 Å². The molecule has 4 N–H and O–H groups in total. The fourth-order valence-electron chi connectivity index (χ4n) is 2.60. The van der Waals surface area contributed by atoms with Gasteiger partial charge in [0.05, 0.1) is 18.2 Å². The van der Waals surface area contributed by atoms with Gasteiger partial charge in [-0.3, -0.25) is 9.89 Å². The number of alkyl halides is 4. The molecule has 1 amide bonds. The van der Waals surface area contributed by atoms with Crippen LogP contribution >= 0.6 is 0 Å². The summed E-state index contributed by atoms with van der Waals surface area (Å²) in [6.07, 6.45) is -2.08. The predicted molar refractivity (Wildman–Crippen MR) is 91.7 cm³/mol. The first-order valence-electron chi connectivity index (χ1n) is 8.46. The predicted octanol–water partition coefficient (Wildman–Crippen LogP) is 1.72. The van der Waals surface area contributed by atoms with E-state index in [0.717, 1.165) is 5.56 Å². The van der Waals surface area contributed by atoms with E-state index in [1.165, 1.54) is 0 Å². The average molecular weight is 420 g/mol. The summed E-state index contributed by atoms with van der Waals surface area (Å²) in [5.41, 5.74) is 1.54. The molecule has 0 saturated carbocycles. The minimum absolute atomic E-state index is 0.0838. The topological polar surface area (TPSA) is 127 Å². The van der Waals surface area contributed by atoms with Gasteiger partial charge in [-0.1, -0.05) is 0 Å². The largest absolute Gasteiger partial charge is 0.490 e. The van der Waals surface area contributed by atoms with Crippen LogP contribution in [0.2, 0.25) is 0 Å². The lowest BCUT2D eigenvalue weighted by molar-refractivity contribution is -0.192.